The number of ether oxygens (including phenoxy) is 1. The summed E-state index contributed by atoms with van der Waals surface area (Å²) in [5.74, 6) is 0. The van der Waals surface area contributed by atoms with E-state index in [0.717, 1.165) is 5.57 Å². The highest BCUT2D eigenvalue weighted by molar-refractivity contribution is 5.70. The van der Waals surface area contributed by atoms with Gasteiger partial charge in [-0.1, -0.05) is 6.58 Å². The molecule has 0 spiro atoms. The molecule has 1 heterocycles. The first-order valence-electron chi connectivity index (χ1n) is 3.49. The molecule has 0 aromatic carbocycles. The van der Waals surface area contributed by atoms with E-state index < -0.39 is 6.09 Å². The summed E-state index contributed by atoms with van der Waals surface area (Å²) in [6, 6.07) is 0. The molecule has 0 aliphatic rings. The van der Waals surface area contributed by atoms with Gasteiger partial charge in [-0.3, -0.25) is 0 Å². The predicted molar refractivity (Wildman–Crippen MR) is 43.8 cm³/mol. The van der Waals surface area contributed by atoms with Crippen molar-refractivity contribution in [3.8, 4) is 0 Å². The smallest absolute Gasteiger partial charge is 0.419 e. The number of nitrogens with zero attached hydrogens (tertiary/aromatic N) is 2. The molecule has 0 aliphatic heterocycles. The maximum atomic E-state index is 11.1. The van der Waals surface area contributed by atoms with Gasteiger partial charge in [-0.2, -0.15) is 0 Å². The maximum Gasteiger partial charge on any atom is 0.419 e. The lowest BCUT2D eigenvalue weighted by Gasteiger charge is -2.02. The summed E-state index contributed by atoms with van der Waals surface area (Å²) in [4.78, 5) is 14.8. The van der Waals surface area contributed by atoms with Crippen LogP contribution in [-0.4, -0.2) is 22.3 Å². The SMILES string of the molecule is C=C(C)COC(=O)n1ccnc1. The van der Waals surface area contributed by atoms with E-state index in [1.165, 1.54) is 23.3 Å². The molecule has 1 aromatic heterocycles. The fourth-order valence-corrected chi connectivity index (χ4v) is 0.627. The fourth-order valence-electron chi connectivity index (χ4n) is 0.627. The third-order valence-electron chi connectivity index (χ3n) is 1.16. The Kier molecular flexibility index (Phi) is 2.63. The Balaban J connectivity index is 2.45. The first-order chi connectivity index (χ1) is 5.70. The van der Waals surface area contributed by atoms with Gasteiger partial charge in [0, 0.05) is 12.4 Å². The predicted octanol–water partition coefficient (Wildman–Crippen LogP) is 1.44. The number of imidazole rings is 1. The third kappa shape index (κ3) is 2.23. The Morgan fingerprint density at radius 1 is 1.75 bits per heavy atom. The van der Waals surface area contributed by atoms with Crippen molar-refractivity contribution in [2.75, 3.05) is 6.61 Å². The van der Waals surface area contributed by atoms with Crippen LogP contribution in [0.15, 0.2) is 30.9 Å². The minimum atomic E-state index is -0.435. The second-order valence-electron chi connectivity index (χ2n) is 2.48. The number of aromatic nitrogens is 2. The number of rotatable bonds is 2. The van der Waals surface area contributed by atoms with Crippen LogP contribution in [0, 0.1) is 0 Å². The molecule has 0 unspecified atom stereocenters. The zero-order chi connectivity index (χ0) is 8.97. The van der Waals surface area contributed by atoms with Crippen molar-refractivity contribution in [3.63, 3.8) is 0 Å². The molecular weight excluding hydrogens is 156 g/mol. The largest absolute Gasteiger partial charge is 0.444 e. The van der Waals surface area contributed by atoms with Crippen molar-refractivity contribution in [2.24, 2.45) is 0 Å². The highest BCUT2D eigenvalue weighted by atomic mass is 16.5. The standard InChI is InChI=1S/C8H10N2O2/c1-7(2)5-12-8(11)10-4-3-9-6-10/h3-4,6H,1,5H2,2H3. The van der Waals surface area contributed by atoms with Crippen LogP contribution in [0.5, 0.6) is 0 Å². The van der Waals surface area contributed by atoms with Crippen LogP contribution < -0.4 is 0 Å². The van der Waals surface area contributed by atoms with E-state index in [-0.39, 0.29) is 6.61 Å². The van der Waals surface area contributed by atoms with Gasteiger partial charge in [-0.05, 0) is 12.5 Å². The average molecular weight is 166 g/mol. The van der Waals surface area contributed by atoms with E-state index >= 15 is 0 Å². The van der Waals surface area contributed by atoms with Gasteiger partial charge >= 0.3 is 6.09 Å². The van der Waals surface area contributed by atoms with E-state index in [1.807, 2.05) is 0 Å². The Labute approximate surface area is 70.5 Å². The lowest BCUT2D eigenvalue weighted by atomic mass is 10.4. The van der Waals surface area contributed by atoms with Gasteiger partial charge in [0.05, 0.1) is 0 Å². The Morgan fingerprint density at radius 3 is 3.00 bits per heavy atom. The topological polar surface area (TPSA) is 44.1 Å². The monoisotopic (exact) mass is 166 g/mol. The first kappa shape index (κ1) is 8.52. The Hall–Kier alpha value is -1.58. The number of hydrogen-bond acceptors (Lipinski definition) is 3. The van der Waals surface area contributed by atoms with Crippen LogP contribution in [-0.2, 0) is 4.74 Å². The third-order valence-corrected chi connectivity index (χ3v) is 1.16. The summed E-state index contributed by atoms with van der Waals surface area (Å²) in [5, 5.41) is 0. The number of hydrogen-bond donors (Lipinski definition) is 0. The molecule has 0 amide bonds. The second kappa shape index (κ2) is 3.71. The van der Waals surface area contributed by atoms with E-state index in [1.54, 1.807) is 6.92 Å². The summed E-state index contributed by atoms with van der Waals surface area (Å²) < 4.78 is 6.10. The van der Waals surface area contributed by atoms with Crippen LogP contribution in [0.1, 0.15) is 6.92 Å². The van der Waals surface area contributed by atoms with Crippen LogP contribution in [0.2, 0.25) is 0 Å². The van der Waals surface area contributed by atoms with Crippen LogP contribution in [0.25, 0.3) is 0 Å². The van der Waals surface area contributed by atoms with Gasteiger partial charge in [0.1, 0.15) is 12.9 Å². The van der Waals surface area contributed by atoms with E-state index in [2.05, 4.69) is 11.6 Å². The lowest BCUT2D eigenvalue weighted by Crippen LogP contribution is -2.12. The van der Waals surface area contributed by atoms with Crippen molar-refractivity contribution < 1.29 is 9.53 Å². The quantitative estimate of drug-likeness (QED) is 0.624. The lowest BCUT2D eigenvalue weighted by molar-refractivity contribution is 0.157. The molecule has 0 fully saturated rings. The van der Waals surface area contributed by atoms with E-state index in [9.17, 15) is 4.79 Å². The summed E-state index contributed by atoms with van der Waals surface area (Å²) in [5.41, 5.74) is 0.809. The van der Waals surface area contributed by atoms with Crippen molar-refractivity contribution in [2.45, 2.75) is 6.92 Å². The molecule has 1 aromatic rings. The average Bonchev–Trinajstić information content (AvgIpc) is 2.51. The van der Waals surface area contributed by atoms with Gasteiger partial charge in [-0.15, -0.1) is 0 Å². The molecule has 64 valence electrons. The molecule has 4 heteroatoms. The van der Waals surface area contributed by atoms with Crippen molar-refractivity contribution in [1.82, 2.24) is 9.55 Å². The molecule has 0 aliphatic carbocycles. The van der Waals surface area contributed by atoms with Crippen molar-refractivity contribution in [3.05, 3.63) is 30.9 Å². The summed E-state index contributed by atoms with van der Waals surface area (Å²) in [6.07, 6.45) is 4.00. The summed E-state index contributed by atoms with van der Waals surface area (Å²) >= 11 is 0. The Morgan fingerprint density at radius 2 is 2.50 bits per heavy atom. The van der Waals surface area contributed by atoms with Gasteiger partial charge in [0.2, 0.25) is 0 Å². The minimum absolute atomic E-state index is 0.247. The fraction of sp³-hybridized carbons (Fsp3) is 0.250. The zero-order valence-corrected chi connectivity index (χ0v) is 6.86. The van der Waals surface area contributed by atoms with Gasteiger partial charge < -0.3 is 4.74 Å². The molecule has 0 saturated carbocycles. The summed E-state index contributed by atoms with van der Waals surface area (Å²) in [6.45, 7) is 5.65. The molecule has 0 saturated heterocycles. The highest BCUT2D eigenvalue weighted by Crippen LogP contribution is 1.93. The zero-order valence-electron chi connectivity index (χ0n) is 6.86. The number of carbonyl (C=O) groups excluding carboxylic acids is 1. The maximum absolute atomic E-state index is 11.1. The number of carbonyl (C=O) groups is 1. The summed E-state index contributed by atoms with van der Waals surface area (Å²) in [7, 11) is 0. The first-order valence-corrected chi connectivity index (χ1v) is 3.49. The normalized spacial score (nSPS) is 9.42. The Bertz CT molecular complexity index is 277. The molecule has 12 heavy (non-hydrogen) atoms. The molecule has 0 radical (unpaired) electrons. The van der Waals surface area contributed by atoms with Crippen LogP contribution >= 0.6 is 0 Å². The van der Waals surface area contributed by atoms with E-state index in [4.69, 9.17) is 4.74 Å². The van der Waals surface area contributed by atoms with Gasteiger partial charge in [0.25, 0.3) is 0 Å². The highest BCUT2D eigenvalue weighted by Gasteiger charge is 2.02. The molecule has 0 N–H and O–H groups in total. The minimum Gasteiger partial charge on any atom is -0.444 e. The molecule has 0 bridgehead atoms. The van der Waals surface area contributed by atoms with Crippen LogP contribution in [0.3, 0.4) is 0 Å². The van der Waals surface area contributed by atoms with Crippen molar-refractivity contribution in [1.29, 1.82) is 0 Å². The van der Waals surface area contributed by atoms with Crippen LogP contribution in [0.4, 0.5) is 4.79 Å². The van der Waals surface area contributed by atoms with E-state index in [0.29, 0.717) is 0 Å². The molecule has 4 nitrogen and oxygen atoms in total. The molecule has 1 rings (SSSR count). The van der Waals surface area contributed by atoms with Gasteiger partial charge in [0.15, 0.2) is 0 Å². The van der Waals surface area contributed by atoms with Crippen molar-refractivity contribution >= 4 is 6.09 Å². The second-order valence-corrected chi connectivity index (χ2v) is 2.48. The van der Waals surface area contributed by atoms with Gasteiger partial charge in [-0.25, -0.2) is 14.3 Å². The molecular formula is C8H10N2O2. The molecule has 0 atom stereocenters.